The van der Waals surface area contributed by atoms with Gasteiger partial charge in [0.05, 0.1) is 17.1 Å². The minimum absolute atomic E-state index is 0.00720. The van der Waals surface area contributed by atoms with E-state index in [1.807, 2.05) is 30.3 Å². The van der Waals surface area contributed by atoms with Crippen LogP contribution in [0.15, 0.2) is 59.6 Å². The van der Waals surface area contributed by atoms with Gasteiger partial charge < -0.3 is 4.43 Å². The van der Waals surface area contributed by atoms with E-state index in [9.17, 15) is 10.1 Å². The Kier molecular flexibility index (Phi) is 5.87. The number of hydrogen-bond acceptors (Lipinski definition) is 4. The fourth-order valence-electron chi connectivity index (χ4n) is 3.39. The number of nitro groups is 1. The Labute approximate surface area is 161 Å². The van der Waals surface area contributed by atoms with E-state index in [2.05, 4.69) is 31.8 Å². The first-order valence-corrected chi connectivity index (χ1v) is 12.7. The lowest BCUT2D eigenvalue weighted by molar-refractivity contribution is -0.384. The van der Waals surface area contributed by atoms with Crippen LogP contribution in [-0.4, -0.2) is 25.0 Å². The number of aliphatic imine (C=N–C) groups is 1. The van der Waals surface area contributed by atoms with Crippen molar-refractivity contribution >= 4 is 19.7 Å². The maximum atomic E-state index is 10.8. The third-order valence-electron chi connectivity index (χ3n) is 4.59. The number of non-ortho nitro benzene ring substituents is 1. The molecule has 1 heterocycles. The molecule has 2 aromatic rings. The molecule has 0 radical (unpaired) electrons. The summed E-state index contributed by atoms with van der Waals surface area (Å²) >= 11 is 0. The zero-order valence-electron chi connectivity index (χ0n) is 16.1. The van der Waals surface area contributed by atoms with Gasteiger partial charge in [0.1, 0.15) is 0 Å². The highest BCUT2D eigenvalue weighted by molar-refractivity contribution is 6.69. The molecule has 0 N–H and O–H groups in total. The Bertz CT molecular complexity index is 814. The van der Waals surface area contributed by atoms with E-state index in [-0.39, 0.29) is 22.8 Å². The molecule has 0 unspecified atom stereocenters. The van der Waals surface area contributed by atoms with Crippen molar-refractivity contribution in [1.29, 1.82) is 0 Å². The van der Waals surface area contributed by atoms with Gasteiger partial charge >= 0.3 is 0 Å². The number of benzene rings is 2. The van der Waals surface area contributed by atoms with Crippen LogP contribution < -0.4 is 0 Å². The van der Waals surface area contributed by atoms with E-state index in [1.165, 1.54) is 5.56 Å². The monoisotopic (exact) mass is 382 g/mol. The van der Waals surface area contributed by atoms with Gasteiger partial charge in [0.2, 0.25) is 0 Å². The summed E-state index contributed by atoms with van der Waals surface area (Å²) in [5, 5.41) is 10.8. The number of rotatable bonds is 7. The molecular formula is C21H26N2O3Si. The van der Waals surface area contributed by atoms with Crippen LogP contribution >= 0.6 is 0 Å². The minimum atomic E-state index is -1.72. The average Bonchev–Trinajstić information content (AvgIpc) is 3.08. The molecular weight excluding hydrogens is 356 g/mol. The molecule has 2 atom stereocenters. The summed E-state index contributed by atoms with van der Waals surface area (Å²) in [6.07, 6.45) is 2.65. The van der Waals surface area contributed by atoms with Crippen molar-refractivity contribution in [2.45, 2.75) is 51.0 Å². The molecule has 6 heteroatoms. The maximum Gasteiger partial charge on any atom is 0.269 e. The summed E-state index contributed by atoms with van der Waals surface area (Å²) < 4.78 is 6.51. The number of nitro benzene ring substituents is 1. The molecule has 3 rings (SSSR count). The van der Waals surface area contributed by atoms with Crippen LogP contribution in [0.3, 0.4) is 0 Å². The van der Waals surface area contributed by atoms with Gasteiger partial charge in [-0.2, -0.15) is 0 Å². The molecule has 0 fully saturated rings. The summed E-state index contributed by atoms with van der Waals surface area (Å²) in [6.45, 7) is 6.62. The lowest BCUT2D eigenvalue weighted by atomic mass is 10.00. The first-order chi connectivity index (χ1) is 12.8. The van der Waals surface area contributed by atoms with Crippen molar-refractivity contribution in [2.24, 2.45) is 4.99 Å². The fourth-order valence-corrected chi connectivity index (χ4v) is 4.45. The van der Waals surface area contributed by atoms with Gasteiger partial charge in [-0.05, 0) is 43.6 Å². The van der Waals surface area contributed by atoms with Crippen LogP contribution in [0.4, 0.5) is 5.69 Å². The smallest absolute Gasteiger partial charge is 0.269 e. The zero-order chi connectivity index (χ0) is 19.4. The van der Waals surface area contributed by atoms with Gasteiger partial charge in [-0.3, -0.25) is 15.1 Å². The van der Waals surface area contributed by atoms with Crippen LogP contribution in [0, 0.1) is 10.1 Å². The minimum Gasteiger partial charge on any atom is -0.409 e. The third kappa shape index (κ3) is 5.34. The molecule has 0 amide bonds. The molecule has 1 aliphatic rings. The molecule has 27 heavy (non-hydrogen) atoms. The quantitative estimate of drug-likeness (QED) is 0.369. The van der Waals surface area contributed by atoms with Crippen molar-refractivity contribution in [3.63, 3.8) is 0 Å². The first kappa shape index (κ1) is 19.4. The summed E-state index contributed by atoms with van der Waals surface area (Å²) in [7, 11) is -1.72. The average molecular weight is 383 g/mol. The highest BCUT2D eigenvalue weighted by Gasteiger charge is 2.32. The second kappa shape index (κ2) is 8.15. The molecule has 0 spiro atoms. The molecule has 0 aromatic heterocycles. The zero-order valence-corrected chi connectivity index (χ0v) is 17.1. The van der Waals surface area contributed by atoms with Crippen molar-refractivity contribution in [3.05, 3.63) is 75.8 Å². The molecule has 0 aliphatic carbocycles. The highest BCUT2D eigenvalue weighted by Crippen LogP contribution is 2.33. The van der Waals surface area contributed by atoms with Gasteiger partial charge in [0.15, 0.2) is 8.32 Å². The van der Waals surface area contributed by atoms with Crippen LogP contribution in [-0.2, 0) is 10.8 Å². The molecule has 0 saturated carbocycles. The van der Waals surface area contributed by atoms with Crippen molar-refractivity contribution < 1.29 is 9.35 Å². The Hall–Kier alpha value is -2.31. The van der Waals surface area contributed by atoms with E-state index in [1.54, 1.807) is 12.1 Å². The number of hydrogen-bond donors (Lipinski definition) is 0. The summed E-state index contributed by atoms with van der Waals surface area (Å²) in [5.74, 6) is 0. The van der Waals surface area contributed by atoms with Gasteiger partial charge in [-0.1, -0.05) is 42.5 Å². The Morgan fingerprint density at radius 1 is 1.15 bits per heavy atom. The molecule has 2 aromatic carbocycles. The Morgan fingerprint density at radius 3 is 2.41 bits per heavy atom. The van der Waals surface area contributed by atoms with Crippen molar-refractivity contribution in [3.8, 4) is 0 Å². The predicted molar refractivity (Wildman–Crippen MR) is 111 cm³/mol. The Morgan fingerprint density at radius 2 is 1.81 bits per heavy atom. The van der Waals surface area contributed by atoms with Gasteiger partial charge in [-0.25, -0.2) is 0 Å². The summed E-state index contributed by atoms with van der Waals surface area (Å²) in [4.78, 5) is 15.4. The van der Waals surface area contributed by atoms with Crippen LogP contribution in [0.25, 0.3) is 0 Å². The normalized spacial score (nSPS) is 18.2. The molecule has 1 aliphatic heterocycles. The predicted octanol–water partition coefficient (Wildman–Crippen LogP) is 5.33. The second-order valence-corrected chi connectivity index (χ2v) is 12.4. The number of nitrogens with zero attached hydrogens (tertiary/aromatic N) is 2. The molecule has 0 bridgehead atoms. The maximum absolute atomic E-state index is 10.8. The van der Waals surface area contributed by atoms with E-state index < -0.39 is 8.32 Å². The lowest BCUT2D eigenvalue weighted by Crippen LogP contribution is -2.32. The Balaban J connectivity index is 1.75. The molecule has 142 valence electrons. The van der Waals surface area contributed by atoms with Crippen LogP contribution in [0.1, 0.15) is 30.1 Å². The first-order valence-electron chi connectivity index (χ1n) is 9.33. The largest absolute Gasteiger partial charge is 0.409 e. The SMILES string of the molecule is C[Si](C)(C)O[C@H](c1ccccc1)[C@H]1CCC(Cc2ccc([N+](=O)[O-])cc2)=N1. The van der Waals surface area contributed by atoms with Gasteiger partial charge in [-0.15, -0.1) is 0 Å². The van der Waals surface area contributed by atoms with Crippen molar-refractivity contribution in [1.82, 2.24) is 0 Å². The standard InChI is InChI=1S/C21H26N2O3Si/c1-27(2,3)26-21(17-7-5-4-6-8-17)20-14-11-18(22-20)15-16-9-12-19(13-10-16)23(24)25/h4-10,12-13,20-21H,11,14-15H2,1-3H3/t20-,21-/m1/s1. The van der Waals surface area contributed by atoms with Gasteiger partial charge in [0.25, 0.3) is 5.69 Å². The van der Waals surface area contributed by atoms with Gasteiger partial charge in [0, 0.05) is 24.3 Å². The topological polar surface area (TPSA) is 64.7 Å². The van der Waals surface area contributed by atoms with E-state index in [4.69, 9.17) is 9.42 Å². The van der Waals surface area contributed by atoms with E-state index in [0.717, 1.165) is 30.5 Å². The summed E-state index contributed by atoms with van der Waals surface area (Å²) in [5.41, 5.74) is 3.51. The molecule has 0 saturated heterocycles. The third-order valence-corrected chi connectivity index (χ3v) is 5.55. The lowest BCUT2D eigenvalue weighted by Gasteiger charge is -2.29. The van der Waals surface area contributed by atoms with Crippen LogP contribution in [0.5, 0.6) is 0 Å². The highest BCUT2D eigenvalue weighted by atomic mass is 28.4. The van der Waals surface area contributed by atoms with Crippen LogP contribution in [0.2, 0.25) is 19.6 Å². The van der Waals surface area contributed by atoms with Crippen molar-refractivity contribution in [2.75, 3.05) is 0 Å². The van der Waals surface area contributed by atoms with E-state index >= 15 is 0 Å². The summed E-state index contributed by atoms with van der Waals surface area (Å²) in [6, 6.07) is 17.2. The fraction of sp³-hybridized carbons (Fsp3) is 0.381. The van der Waals surface area contributed by atoms with E-state index in [0.29, 0.717) is 0 Å². The second-order valence-electron chi connectivity index (χ2n) is 7.96. The molecule has 5 nitrogen and oxygen atoms in total.